The molecule has 0 radical (unpaired) electrons. The zero-order valence-electron chi connectivity index (χ0n) is 12.9. The van der Waals surface area contributed by atoms with Crippen molar-refractivity contribution in [1.29, 1.82) is 0 Å². The maximum absolute atomic E-state index is 12.4. The average Bonchev–Trinajstić information content (AvgIpc) is 2.46. The third kappa shape index (κ3) is 3.84. The second-order valence-electron chi connectivity index (χ2n) is 5.11. The number of aryl methyl sites for hydroxylation is 1. The smallest absolute Gasteiger partial charge is 0.338 e. The van der Waals surface area contributed by atoms with Gasteiger partial charge in [-0.3, -0.25) is 0 Å². The highest BCUT2D eigenvalue weighted by molar-refractivity contribution is 7.80. The van der Waals surface area contributed by atoms with Crippen LogP contribution in [0.2, 0.25) is 0 Å². The Balaban J connectivity index is 2.30. The number of ether oxygens (including phenoxy) is 2. The molecule has 1 aliphatic rings. The molecule has 1 aliphatic heterocycles. The lowest BCUT2D eigenvalue weighted by Crippen LogP contribution is -2.45. The monoisotopic (exact) mass is 320 g/mol. The Hall–Kier alpha value is -1.92. The van der Waals surface area contributed by atoms with Crippen LogP contribution in [0.15, 0.2) is 35.5 Å². The highest BCUT2D eigenvalue weighted by atomic mass is 32.1. The van der Waals surface area contributed by atoms with Crippen LogP contribution in [0.25, 0.3) is 0 Å². The minimum absolute atomic E-state index is 0.219. The lowest BCUT2D eigenvalue weighted by atomic mass is 9.94. The summed E-state index contributed by atoms with van der Waals surface area (Å²) < 4.78 is 10.2. The molecule has 0 saturated heterocycles. The van der Waals surface area contributed by atoms with Crippen molar-refractivity contribution in [2.45, 2.75) is 19.9 Å². The van der Waals surface area contributed by atoms with Crippen LogP contribution in [0.5, 0.6) is 0 Å². The minimum atomic E-state index is -0.372. The van der Waals surface area contributed by atoms with Gasteiger partial charge in [-0.05, 0) is 31.6 Å². The van der Waals surface area contributed by atoms with E-state index in [1.807, 2.05) is 38.1 Å². The van der Waals surface area contributed by atoms with Gasteiger partial charge in [-0.2, -0.15) is 0 Å². The summed E-state index contributed by atoms with van der Waals surface area (Å²) in [5, 5.41) is 6.62. The number of methoxy groups -OCH3 is 1. The number of carbonyl (C=O) groups excluding carboxylic acids is 1. The van der Waals surface area contributed by atoms with E-state index in [2.05, 4.69) is 10.6 Å². The Bertz CT molecular complexity index is 613. The molecule has 0 aromatic heterocycles. The number of nitrogens with one attached hydrogen (secondary N) is 2. The number of allylic oxidation sites excluding steroid dienone is 1. The highest BCUT2D eigenvalue weighted by Crippen LogP contribution is 2.28. The molecule has 1 unspecified atom stereocenters. The van der Waals surface area contributed by atoms with Crippen LogP contribution in [-0.2, 0) is 14.3 Å². The van der Waals surface area contributed by atoms with Gasteiger partial charge >= 0.3 is 5.97 Å². The fourth-order valence-corrected chi connectivity index (χ4v) is 2.63. The Morgan fingerprint density at radius 3 is 2.77 bits per heavy atom. The number of hydrogen-bond acceptors (Lipinski definition) is 4. The van der Waals surface area contributed by atoms with Gasteiger partial charge in [0.2, 0.25) is 0 Å². The van der Waals surface area contributed by atoms with Crippen molar-refractivity contribution in [3.63, 3.8) is 0 Å². The first-order chi connectivity index (χ1) is 10.5. The molecule has 118 valence electrons. The van der Waals surface area contributed by atoms with Crippen molar-refractivity contribution in [2.24, 2.45) is 0 Å². The van der Waals surface area contributed by atoms with Gasteiger partial charge in [0.1, 0.15) is 6.61 Å². The number of benzene rings is 1. The maximum Gasteiger partial charge on any atom is 0.338 e. The lowest BCUT2D eigenvalue weighted by Gasteiger charge is -2.30. The average molecular weight is 320 g/mol. The van der Waals surface area contributed by atoms with Gasteiger partial charge < -0.3 is 20.1 Å². The fraction of sp³-hybridized carbons (Fsp3) is 0.375. The zero-order chi connectivity index (χ0) is 16.1. The van der Waals surface area contributed by atoms with E-state index in [1.54, 1.807) is 7.11 Å². The normalized spacial score (nSPS) is 17.8. The molecule has 0 amide bonds. The van der Waals surface area contributed by atoms with Gasteiger partial charge in [-0.25, -0.2) is 4.79 Å². The van der Waals surface area contributed by atoms with Crippen LogP contribution in [-0.4, -0.2) is 31.4 Å². The summed E-state index contributed by atoms with van der Waals surface area (Å²) in [5.74, 6) is -0.372. The van der Waals surface area contributed by atoms with Crippen LogP contribution >= 0.6 is 12.2 Å². The molecule has 0 bridgehead atoms. The largest absolute Gasteiger partial charge is 0.460 e. The summed E-state index contributed by atoms with van der Waals surface area (Å²) in [7, 11) is 1.57. The van der Waals surface area contributed by atoms with Gasteiger partial charge in [0.15, 0.2) is 5.11 Å². The Kier molecular flexibility index (Phi) is 5.51. The van der Waals surface area contributed by atoms with Crippen molar-refractivity contribution in [3.8, 4) is 0 Å². The van der Waals surface area contributed by atoms with Crippen molar-refractivity contribution < 1.29 is 14.3 Å². The predicted octanol–water partition coefficient (Wildman–Crippen LogP) is 1.98. The number of esters is 1. The number of carbonyl (C=O) groups is 1. The standard InChI is InChI=1S/C16H20N2O3S/c1-10-5-4-6-12(9-10)14-13(11(2)17-16(22)18-14)15(19)21-8-7-20-3/h4-6,9,14H,7-8H2,1-3H3,(H2,17,18,22). The first kappa shape index (κ1) is 16.5. The Labute approximate surface area is 135 Å². The Morgan fingerprint density at radius 1 is 1.32 bits per heavy atom. The molecule has 1 aromatic rings. The first-order valence-corrected chi connectivity index (χ1v) is 7.44. The molecule has 2 N–H and O–H groups in total. The molecule has 0 spiro atoms. The van der Waals surface area contributed by atoms with Gasteiger partial charge in [-0.15, -0.1) is 0 Å². The van der Waals surface area contributed by atoms with Crippen molar-refractivity contribution in [3.05, 3.63) is 46.7 Å². The van der Waals surface area contributed by atoms with E-state index in [-0.39, 0.29) is 18.6 Å². The molecule has 0 saturated carbocycles. The molecule has 0 aliphatic carbocycles. The molecule has 6 heteroatoms. The van der Waals surface area contributed by atoms with Crippen LogP contribution in [0.4, 0.5) is 0 Å². The summed E-state index contributed by atoms with van der Waals surface area (Å²) in [5.41, 5.74) is 3.34. The van der Waals surface area contributed by atoms with E-state index >= 15 is 0 Å². The molecule has 1 aromatic carbocycles. The van der Waals surface area contributed by atoms with E-state index < -0.39 is 0 Å². The third-order valence-electron chi connectivity index (χ3n) is 3.39. The number of hydrogen-bond donors (Lipinski definition) is 2. The maximum atomic E-state index is 12.4. The molecule has 2 rings (SSSR count). The van der Waals surface area contributed by atoms with Gasteiger partial charge in [0, 0.05) is 12.8 Å². The summed E-state index contributed by atoms with van der Waals surface area (Å²) in [6, 6.07) is 7.65. The molecule has 5 nitrogen and oxygen atoms in total. The molecular weight excluding hydrogens is 300 g/mol. The predicted molar refractivity (Wildman–Crippen MR) is 88.3 cm³/mol. The van der Waals surface area contributed by atoms with E-state index in [0.29, 0.717) is 23.0 Å². The van der Waals surface area contributed by atoms with Crippen molar-refractivity contribution in [2.75, 3.05) is 20.3 Å². The fourth-order valence-electron chi connectivity index (χ4n) is 2.36. The van der Waals surface area contributed by atoms with Gasteiger partial charge in [-0.1, -0.05) is 29.8 Å². The molecule has 0 fully saturated rings. The van der Waals surface area contributed by atoms with Crippen molar-refractivity contribution in [1.82, 2.24) is 10.6 Å². The quantitative estimate of drug-likeness (QED) is 0.491. The van der Waals surface area contributed by atoms with E-state index in [9.17, 15) is 4.79 Å². The summed E-state index contributed by atoms with van der Waals surface area (Å²) in [6.45, 7) is 4.42. The van der Waals surface area contributed by atoms with Crippen LogP contribution in [0.3, 0.4) is 0 Å². The Morgan fingerprint density at radius 2 is 2.09 bits per heavy atom. The second-order valence-corrected chi connectivity index (χ2v) is 5.52. The molecule has 22 heavy (non-hydrogen) atoms. The van der Waals surface area contributed by atoms with Gasteiger partial charge in [0.05, 0.1) is 18.2 Å². The zero-order valence-corrected chi connectivity index (χ0v) is 13.8. The van der Waals surface area contributed by atoms with Crippen LogP contribution in [0.1, 0.15) is 24.1 Å². The minimum Gasteiger partial charge on any atom is -0.460 e. The third-order valence-corrected chi connectivity index (χ3v) is 3.61. The van der Waals surface area contributed by atoms with E-state index in [4.69, 9.17) is 21.7 Å². The SMILES string of the molecule is COCCOC(=O)C1=C(C)NC(=S)NC1c1cccc(C)c1. The molecule has 1 atom stereocenters. The number of rotatable bonds is 5. The van der Waals surface area contributed by atoms with Crippen LogP contribution < -0.4 is 10.6 Å². The van der Waals surface area contributed by atoms with Crippen LogP contribution in [0, 0.1) is 6.92 Å². The highest BCUT2D eigenvalue weighted by Gasteiger charge is 2.30. The second kappa shape index (κ2) is 7.38. The van der Waals surface area contributed by atoms with Crippen molar-refractivity contribution >= 4 is 23.3 Å². The van der Waals surface area contributed by atoms with E-state index in [1.165, 1.54) is 0 Å². The number of thiocarbonyl (C=S) groups is 1. The summed E-state index contributed by atoms with van der Waals surface area (Å²) in [6.07, 6.45) is 0. The topological polar surface area (TPSA) is 59.6 Å². The van der Waals surface area contributed by atoms with E-state index in [0.717, 1.165) is 11.1 Å². The summed E-state index contributed by atoms with van der Waals surface area (Å²) in [4.78, 5) is 12.4. The molecule has 1 heterocycles. The summed E-state index contributed by atoms with van der Waals surface area (Å²) >= 11 is 5.21. The first-order valence-electron chi connectivity index (χ1n) is 7.04. The lowest BCUT2D eigenvalue weighted by molar-refractivity contribution is -0.140. The molecular formula is C16H20N2O3S. The van der Waals surface area contributed by atoms with Gasteiger partial charge in [0.25, 0.3) is 0 Å².